The molecule has 0 fully saturated rings. The second kappa shape index (κ2) is 7.68. The number of esters is 1. The van der Waals surface area contributed by atoms with Crippen LogP contribution in [0.15, 0.2) is 42.6 Å². The Morgan fingerprint density at radius 3 is 2.62 bits per heavy atom. The molecule has 0 saturated heterocycles. The molecule has 0 unspecified atom stereocenters. The molecule has 0 atom stereocenters. The summed E-state index contributed by atoms with van der Waals surface area (Å²) in [6.07, 6.45) is 0.159. The van der Waals surface area contributed by atoms with E-state index in [1.807, 2.05) is 6.07 Å². The van der Waals surface area contributed by atoms with Crippen molar-refractivity contribution < 1.29 is 24.0 Å². The minimum absolute atomic E-state index is 0.000709. The van der Waals surface area contributed by atoms with Gasteiger partial charge in [0, 0.05) is 12.3 Å². The average Bonchev–Trinajstić information content (AvgIpc) is 2.60. The quantitative estimate of drug-likeness (QED) is 0.507. The lowest BCUT2D eigenvalue weighted by atomic mass is 10.2. The molecule has 1 N–H and O–H groups in total. The zero-order valence-electron chi connectivity index (χ0n) is 12.6. The predicted octanol–water partition coefficient (Wildman–Crippen LogP) is 2.53. The van der Waals surface area contributed by atoms with E-state index in [2.05, 4.69) is 15.0 Å². The molecule has 0 spiro atoms. The number of aromatic nitrogens is 1. The number of nitrogens with zero attached hydrogens (tertiary/aromatic N) is 2. The number of methoxy groups -OCH3 is 1. The number of benzene rings is 1. The normalized spacial score (nSPS) is 9.88. The molecule has 1 aromatic heterocycles. The summed E-state index contributed by atoms with van der Waals surface area (Å²) in [6, 6.07) is 9.88. The summed E-state index contributed by atoms with van der Waals surface area (Å²) in [5.74, 6) is -1.10. The number of hydrogen-bond acceptors (Lipinski definition) is 7. The highest BCUT2D eigenvalue weighted by atomic mass is 16.6. The standard InChI is InChI=1S/C15H13N3O6/c1-23-14(19)11-7-12(18(21)22)13(16-8-11)17-15(20)24-9-10-5-3-2-4-6-10/h2-8H,9H2,1H3,(H,16,17,20). The Morgan fingerprint density at radius 2 is 2.00 bits per heavy atom. The van der Waals surface area contributed by atoms with E-state index in [1.54, 1.807) is 24.3 Å². The Balaban J connectivity index is 2.09. The zero-order valence-corrected chi connectivity index (χ0v) is 12.6. The number of nitrogens with one attached hydrogen (secondary N) is 1. The van der Waals surface area contributed by atoms with Crippen LogP contribution in [0.3, 0.4) is 0 Å². The number of amides is 1. The SMILES string of the molecule is COC(=O)c1cnc(NC(=O)OCc2ccccc2)c([N+](=O)[O-])c1. The maximum Gasteiger partial charge on any atom is 0.413 e. The summed E-state index contributed by atoms with van der Waals surface area (Å²) in [7, 11) is 1.14. The molecule has 2 aromatic rings. The van der Waals surface area contributed by atoms with Gasteiger partial charge in [-0.15, -0.1) is 0 Å². The maximum absolute atomic E-state index is 11.7. The fraction of sp³-hybridized carbons (Fsp3) is 0.133. The van der Waals surface area contributed by atoms with Gasteiger partial charge in [-0.1, -0.05) is 30.3 Å². The first-order chi connectivity index (χ1) is 11.5. The first-order valence-corrected chi connectivity index (χ1v) is 6.71. The second-order valence-corrected chi connectivity index (χ2v) is 4.53. The second-order valence-electron chi connectivity index (χ2n) is 4.53. The monoisotopic (exact) mass is 331 g/mol. The highest BCUT2D eigenvalue weighted by Gasteiger charge is 2.21. The molecular weight excluding hydrogens is 318 g/mol. The number of pyridine rings is 1. The lowest BCUT2D eigenvalue weighted by Gasteiger charge is -2.07. The van der Waals surface area contributed by atoms with Gasteiger partial charge in [-0.2, -0.15) is 0 Å². The molecule has 124 valence electrons. The van der Waals surface area contributed by atoms with Crippen LogP contribution in [0.4, 0.5) is 16.3 Å². The summed E-state index contributed by atoms with van der Waals surface area (Å²) in [6.45, 7) is 0.000709. The summed E-state index contributed by atoms with van der Waals surface area (Å²) in [5.41, 5.74) is 0.109. The average molecular weight is 331 g/mol. The van der Waals surface area contributed by atoms with E-state index in [0.717, 1.165) is 24.9 Å². The highest BCUT2D eigenvalue weighted by Crippen LogP contribution is 2.23. The first-order valence-electron chi connectivity index (χ1n) is 6.71. The summed E-state index contributed by atoms with van der Waals surface area (Å²) in [5, 5.41) is 13.2. The molecular formula is C15H13N3O6. The van der Waals surface area contributed by atoms with Gasteiger partial charge in [0.1, 0.15) is 6.61 Å². The van der Waals surface area contributed by atoms with Crippen LogP contribution in [0.2, 0.25) is 0 Å². The molecule has 1 amide bonds. The van der Waals surface area contributed by atoms with Gasteiger partial charge in [0.05, 0.1) is 17.6 Å². The van der Waals surface area contributed by atoms with E-state index in [9.17, 15) is 19.7 Å². The van der Waals surface area contributed by atoms with Gasteiger partial charge in [-0.05, 0) is 5.56 Å². The minimum atomic E-state index is -0.903. The van der Waals surface area contributed by atoms with Crippen LogP contribution in [0, 0.1) is 10.1 Å². The minimum Gasteiger partial charge on any atom is -0.465 e. The smallest absolute Gasteiger partial charge is 0.413 e. The van der Waals surface area contributed by atoms with E-state index in [0.29, 0.717) is 0 Å². The molecule has 1 heterocycles. The fourth-order valence-electron chi connectivity index (χ4n) is 1.77. The van der Waals surface area contributed by atoms with Crippen molar-refractivity contribution in [3.8, 4) is 0 Å². The molecule has 0 aliphatic carbocycles. The molecule has 2 rings (SSSR count). The molecule has 1 aromatic carbocycles. The van der Waals surface area contributed by atoms with Crippen molar-refractivity contribution in [1.82, 2.24) is 4.98 Å². The molecule has 9 heteroatoms. The Labute approximate surface area is 136 Å². The number of nitro groups is 1. The number of ether oxygens (including phenoxy) is 2. The largest absolute Gasteiger partial charge is 0.465 e. The van der Waals surface area contributed by atoms with Crippen molar-refractivity contribution in [3.05, 3.63) is 63.8 Å². The first kappa shape index (κ1) is 16.9. The van der Waals surface area contributed by atoms with Crippen LogP contribution in [0.5, 0.6) is 0 Å². The number of rotatable bonds is 5. The van der Waals surface area contributed by atoms with E-state index < -0.39 is 22.7 Å². The molecule has 0 radical (unpaired) electrons. The summed E-state index contributed by atoms with van der Waals surface area (Å²) >= 11 is 0. The van der Waals surface area contributed by atoms with Gasteiger partial charge < -0.3 is 9.47 Å². The summed E-state index contributed by atoms with van der Waals surface area (Å²) in [4.78, 5) is 37.1. The number of hydrogen-bond donors (Lipinski definition) is 1. The molecule has 0 saturated carbocycles. The Morgan fingerprint density at radius 1 is 1.29 bits per heavy atom. The molecule has 24 heavy (non-hydrogen) atoms. The third-order valence-electron chi connectivity index (χ3n) is 2.92. The van der Waals surface area contributed by atoms with E-state index >= 15 is 0 Å². The van der Waals surface area contributed by atoms with Crippen molar-refractivity contribution in [2.75, 3.05) is 12.4 Å². The van der Waals surface area contributed by atoms with E-state index in [1.165, 1.54) is 0 Å². The lowest BCUT2D eigenvalue weighted by molar-refractivity contribution is -0.384. The van der Waals surface area contributed by atoms with Crippen molar-refractivity contribution in [2.24, 2.45) is 0 Å². The third-order valence-corrected chi connectivity index (χ3v) is 2.92. The maximum atomic E-state index is 11.7. The van der Waals surface area contributed by atoms with Crippen LogP contribution in [0.25, 0.3) is 0 Å². The van der Waals surface area contributed by atoms with Crippen LogP contribution >= 0.6 is 0 Å². The highest BCUT2D eigenvalue weighted by molar-refractivity contribution is 5.92. The third kappa shape index (κ3) is 4.26. The predicted molar refractivity (Wildman–Crippen MR) is 82.5 cm³/mol. The topological polar surface area (TPSA) is 121 Å². The van der Waals surface area contributed by atoms with Gasteiger partial charge in [0.15, 0.2) is 0 Å². The van der Waals surface area contributed by atoms with Gasteiger partial charge in [0.2, 0.25) is 5.82 Å². The van der Waals surface area contributed by atoms with Crippen LogP contribution in [0.1, 0.15) is 15.9 Å². The Hall–Kier alpha value is -3.49. The fourth-order valence-corrected chi connectivity index (χ4v) is 1.77. The van der Waals surface area contributed by atoms with Crippen molar-refractivity contribution in [1.29, 1.82) is 0 Å². The van der Waals surface area contributed by atoms with Crippen LogP contribution in [-0.2, 0) is 16.1 Å². The number of carbonyl (C=O) groups excluding carboxylic acids is 2. The van der Waals surface area contributed by atoms with Crippen LogP contribution in [-0.4, -0.2) is 29.1 Å². The summed E-state index contributed by atoms with van der Waals surface area (Å²) < 4.78 is 9.43. The van der Waals surface area contributed by atoms with Crippen molar-refractivity contribution in [3.63, 3.8) is 0 Å². The van der Waals surface area contributed by atoms with Gasteiger partial charge in [-0.3, -0.25) is 15.4 Å². The van der Waals surface area contributed by atoms with Crippen molar-refractivity contribution >= 4 is 23.6 Å². The van der Waals surface area contributed by atoms with Crippen molar-refractivity contribution in [2.45, 2.75) is 6.61 Å². The molecule has 0 aliphatic heterocycles. The Kier molecular flexibility index (Phi) is 5.40. The zero-order chi connectivity index (χ0) is 17.5. The van der Waals surface area contributed by atoms with Gasteiger partial charge in [-0.25, -0.2) is 14.6 Å². The Bertz CT molecular complexity index is 763. The molecule has 0 aliphatic rings. The van der Waals surface area contributed by atoms with Gasteiger partial charge in [0.25, 0.3) is 0 Å². The molecule has 0 bridgehead atoms. The van der Waals surface area contributed by atoms with E-state index in [4.69, 9.17) is 4.74 Å². The number of carbonyl (C=O) groups is 2. The van der Waals surface area contributed by atoms with Crippen LogP contribution < -0.4 is 5.32 Å². The van der Waals surface area contributed by atoms with E-state index in [-0.39, 0.29) is 18.0 Å². The van der Waals surface area contributed by atoms with Gasteiger partial charge >= 0.3 is 17.7 Å². The number of anilines is 1. The lowest BCUT2D eigenvalue weighted by Crippen LogP contribution is -2.16. The molecule has 9 nitrogen and oxygen atoms in total.